The van der Waals surface area contributed by atoms with E-state index in [-0.39, 0.29) is 5.78 Å². The van der Waals surface area contributed by atoms with Gasteiger partial charge in [-0.25, -0.2) is 4.79 Å². The summed E-state index contributed by atoms with van der Waals surface area (Å²) in [6.45, 7) is 0. The summed E-state index contributed by atoms with van der Waals surface area (Å²) in [7, 11) is 3.03. The zero-order chi connectivity index (χ0) is 21.5. The second-order valence-corrected chi connectivity index (χ2v) is 6.67. The van der Waals surface area contributed by atoms with E-state index in [0.717, 1.165) is 0 Å². The fourth-order valence-electron chi connectivity index (χ4n) is 2.70. The van der Waals surface area contributed by atoms with Gasteiger partial charge in [0.1, 0.15) is 17.2 Å². The second-order valence-electron chi connectivity index (χ2n) is 6.23. The lowest BCUT2D eigenvalue weighted by Crippen LogP contribution is -2.08. The lowest BCUT2D eigenvalue weighted by atomic mass is 10.1. The van der Waals surface area contributed by atoms with Gasteiger partial charge in [0.25, 0.3) is 0 Å². The van der Waals surface area contributed by atoms with Gasteiger partial charge >= 0.3 is 5.97 Å². The van der Waals surface area contributed by atoms with Crippen LogP contribution in [0, 0.1) is 0 Å². The van der Waals surface area contributed by atoms with Crippen LogP contribution in [0.5, 0.6) is 17.2 Å². The highest BCUT2D eigenvalue weighted by Gasteiger charge is 2.12. The third kappa shape index (κ3) is 5.27. The van der Waals surface area contributed by atoms with Crippen LogP contribution in [0.25, 0.3) is 6.08 Å². The maximum Gasteiger partial charge on any atom is 0.343 e. The molecule has 152 valence electrons. The summed E-state index contributed by atoms with van der Waals surface area (Å²) in [4.78, 5) is 24.9. The Bertz CT molecular complexity index is 1090. The predicted molar refractivity (Wildman–Crippen MR) is 116 cm³/mol. The molecule has 0 bridgehead atoms. The van der Waals surface area contributed by atoms with Gasteiger partial charge in [0.05, 0.1) is 25.3 Å². The molecule has 0 heterocycles. The van der Waals surface area contributed by atoms with E-state index in [9.17, 15) is 9.59 Å². The number of ketones is 1. The highest BCUT2D eigenvalue weighted by Crippen LogP contribution is 2.25. The van der Waals surface area contributed by atoms with Gasteiger partial charge in [-0.2, -0.15) is 0 Å². The average Bonchev–Trinajstić information content (AvgIpc) is 2.77. The molecule has 30 heavy (non-hydrogen) atoms. The maximum absolute atomic E-state index is 12.6. The number of hydrogen-bond acceptors (Lipinski definition) is 5. The van der Waals surface area contributed by atoms with Crippen molar-refractivity contribution in [3.63, 3.8) is 0 Å². The first kappa shape index (κ1) is 21.1. The molecule has 3 aromatic carbocycles. The molecule has 0 saturated heterocycles. The van der Waals surface area contributed by atoms with E-state index in [2.05, 4.69) is 0 Å². The number of ether oxygens (including phenoxy) is 3. The van der Waals surface area contributed by atoms with Crippen LogP contribution in [-0.4, -0.2) is 26.0 Å². The van der Waals surface area contributed by atoms with Gasteiger partial charge in [0.2, 0.25) is 0 Å². The van der Waals surface area contributed by atoms with Gasteiger partial charge in [-0.05, 0) is 66.2 Å². The topological polar surface area (TPSA) is 61.8 Å². The minimum atomic E-state index is -0.495. The SMILES string of the molecule is COc1ccc(OC)c(C(=O)C=Cc2cccc(OC(=O)c3ccc(Cl)cc3)c2)c1. The van der Waals surface area contributed by atoms with E-state index in [1.807, 2.05) is 0 Å². The normalized spacial score (nSPS) is 10.6. The fourth-order valence-corrected chi connectivity index (χ4v) is 2.83. The third-order valence-corrected chi connectivity index (χ3v) is 4.50. The first-order valence-electron chi connectivity index (χ1n) is 9.02. The summed E-state index contributed by atoms with van der Waals surface area (Å²) in [5.41, 5.74) is 1.48. The maximum atomic E-state index is 12.6. The Hall–Kier alpha value is -3.57. The van der Waals surface area contributed by atoms with Gasteiger partial charge in [-0.15, -0.1) is 0 Å². The number of hydrogen-bond donors (Lipinski definition) is 0. The molecule has 0 atom stereocenters. The van der Waals surface area contributed by atoms with E-state index in [1.165, 1.54) is 20.3 Å². The molecule has 0 radical (unpaired) electrons. The van der Waals surface area contributed by atoms with Crippen molar-refractivity contribution in [3.8, 4) is 17.2 Å². The number of carbonyl (C=O) groups is 2. The van der Waals surface area contributed by atoms with Crippen LogP contribution in [0.15, 0.2) is 72.8 Å². The Kier molecular flexibility index (Phi) is 6.88. The standard InChI is InChI=1S/C24H19ClO5/c1-28-19-11-13-23(29-2)21(15-19)22(26)12-6-16-4-3-5-20(14-16)30-24(27)17-7-9-18(25)10-8-17/h3-15H,1-2H3. The summed E-state index contributed by atoms with van der Waals surface area (Å²) in [6.07, 6.45) is 3.07. The minimum absolute atomic E-state index is 0.241. The van der Waals surface area contributed by atoms with E-state index in [4.69, 9.17) is 25.8 Å². The van der Waals surface area contributed by atoms with Gasteiger partial charge in [-0.1, -0.05) is 29.8 Å². The molecule has 0 spiro atoms. The van der Waals surface area contributed by atoms with Gasteiger partial charge in [0, 0.05) is 5.02 Å². The van der Waals surface area contributed by atoms with Crippen LogP contribution in [0.2, 0.25) is 5.02 Å². The average molecular weight is 423 g/mol. The number of methoxy groups -OCH3 is 2. The molecular formula is C24H19ClO5. The Balaban J connectivity index is 1.75. The van der Waals surface area contributed by atoms with Crippen LogP contribution >= 0.6 is 11.6 Å². The second kappa shape index (κ2) is 9.76. The van der Waals surface area contributed by atoms with Crippen molar-refractivity contribution in [2.75, 3.05) is 14.2 Å². The number of halogens is 1. The number of benzene rings is 3. The van der Waals surface area contributed by atoms with Crippen LogP contribution < -0.4 is 14.2 Å². The highest BCUT2D eigenvalue weighted by molar-refractivity contribution is 6.30. The van der Waals surface area contributed by atoms with Crippen molar-refractivity contribution in [3.05, 3.63) is 94.5 Å². The molecule has 0 fully saturated rings. The molecular weight excluding hydrogens is 404 g/mol. The highest BCUT2D eigenvalue weighted by atomic mass is 35.5. The van der Waals surface area contributed by atoms with Crippen molar-refractivity contribution in [2.24, 2.45) is 0 Å². The largest absolute Gasteiger partial charge is 0.497 e. The van der Waals surface area contributed by atoms with Crippen molar-refractivity contribution in [1.29, 1.82) is 0 Å². The van der Waals surface area contributed by atoms with Crippen molar-refractivity contribution in [1.82, 2.24) is 0 Å². The van der Waals surface area contributed by atoms with Crippen LogP contribution in [0.4, 0.5) is 0 Å². The van der Waals surface area contributed by atoms with Gasteiger partial charge in [-0.3, -0.25) is 4.79 Å². The molecule has 0 saturated carbocycles. The van der Waals surface area contributed by atoms with E-state index < -0.39 is 5.97 Å². The molecule has 0 aliphatic carbocycles. The molecule has 5 nitrogen and oxygen atoms in total. The number of rotatable bonds is 7. The summed E-state index contributed by atoms with van der Waals surface area (Å²) in [6, 6.07) is 18.3. The fraction of sp³-hybridized carbons (Fsp3) is 0.0833. The van der Waals surface area contributed by atoms with Crippen molar-refractivity contribution < 1.29 is 23.8 Å². The zero-order valence-corrected chi connectivity index (χ0v) is 17.2. The summed E-state index contributed by atoms with van der Waals surface area (Å²) in [5.74, 6) is 0.641. The van der Waals surface area contributed by atoms with E-state index >= 15 is 0 Å². The summed E-state index contributed by atoms with van der Waals surface area (Å²) < 4.78 is 15.8. The Labute approximate surface area is 179 Å². The van der Waals surface area contributed by atoms with Crippen LogP contribution in [0.3, 0.4) is 0 Å². The van der Waals surface area contributed by atoms with E-state index in [0.29, 0.717) is 39.0 Å². The number of esters is 1. The smallest absolute Gasteiger partial charge is 0.343 e. The third-order valence-electron chi connectivity index (χ3n) is 4.25. The molecule has 3 rings (SSSR count). The molecule has 0 aromatic heterocycles. The van der Waals surface area contributed by atoms with Crippen LogP contribution in [0.1, 0.15) is 26.3 Å². The van der Waals surface area contributed by atoms with Crippen molar-refractivity contribution in [2.45, 2.75) is 0 Å². The monoisotopic (exact) mass is 422 g/mol. The number of carbonyl (C=O) groups excluding carboxylic acids is 2. The predicted octanol–water partition coefficient (Wildman–Crippen LogP) is 5.47. The molecule has 0 aliphatic heterocycles. The molecule has 0 unspecified atom stereocenters. The molecule has 0 aliphatic rings. The molecule has 0 amide bonds. The van der Waals surface area contributed by atoms with Crippen LogP contribution in [-0.2, 0) is 0 Å². The number of allylic oxidation sites excluding steroid dienone is 1. The molecule has 3 aromatic rings. The lowest BCUT2D eigenvalue weighted by molar-refractivity contribution is 0.0734. The molecule has 6 heteroatoms. The quantitative estimate of drug-likeness (QED) is 0.218. The first-order valence-corrected chi connectivity index (χ1v) is 9.40. The Morgan fingerprint density at radius 2 is 1.63 bits per heavy atom. The Morgan fingerprint density at radius 3 is 2.33 bits per heavy atom. The summed E-state index contributed by atoms with van der Waals surface area (Å²) >= 11 is 5.84. The lowest BCUT2D eigenvalue weighted by Gasteiger charge is -2.08. The van der Waals surface area contributed by atoms with Crippen molar-refractivity contribution >= 4 is 29.4 Å². The Morgan fingerprint density at radius 1 is 0.867 bits per heavy atom. The van der Waals surface area contributed by atoms with E-state index in [1.54, 1.807) is 72.8 Å². The zero-order valence-electron chi connectivity index (χ0n) is 16.4. The minimum Gasteiger partial charge on any atom is -0.497 e. The first-order chi connectivity index (χ1) is 14.5. The van der Waals surface area contributed by atoms with Gasteiger partial charge in [0.15, 0.2) is 5.78 Å². The molecule has 0 N–H and O–H groups in total. The summed E-state index contributed by atoms with van der Waals surface area (Å²) in [5, 5.41) is 0.538. The van der Waals surface area contributed by atoms with Gasteiger partial charge < -0.3 is 14.2 Å².